The fraction of sp³-hybridized carbons (Fsp3) is 0.0952. The molecule has 0 bridgehead atoms. The molecule has 0 aliphatic carbocycles. The Bertz CT molecular complexity index is 926. The summed E-state index contributed by atoms with van der Waals surface area (Å²) < 4.78 is 5.76. The molecular weight excluding hydrogens is 376 g/mol. The summed E-state index contributed by atoms with van der Waals surface area (Å²) in [5, 5.41) is 6.48. The molecule has 0 atom stereocenters. The van der Waals surface area contributed by atoms with Crippen molar-refractivity contribution >= 4 is 29.0 Å². The molecule has 28 heavy (non-hydrogen) atoms. The van der Waals surface area contributed by atoms with E-state index in [1.54, 1.807) is 6.08 Å². The lowest BCUT2D eigenvalue weighted by molar-refractivity contribution is 0.0952. The SMILES string of the molecule is C=CCNC(=O)c1cnc(Nc2ccc(OCc3ccc(Cl)cc3)cc2)cn1. The van der Waals surface area contributed by atoms with Crippen LogP contribution in [0.5, 0.6) is 5.75 Å². The molecule has 0 radical (unpaired) electrons. The van der Waals surface area contributed by atoms with Crippen LogP contribution in [0.3, 0.4) is 0 Å². The fourth-order valence-electron chi connectivity index (χ4n) is 2.29. The van der Waals surface area contributed by atoms with Gasteiger partial charge in [-0.25, -0.2) is 9.97 Å². The third-order valence-electron chi connectivity index (χ3n) is 3.74. The number of aromatic nitrogens is 2. The zero-order valence-corrected chi connectivity index (χ0v) is 15.8. The minimum Gasteiger partial charge on any atom is -0.489 e. The Labute approximate surface area is 168 Å². The predicted molar refractivity (Wildman–Crippen MR) is 110 cm³/mol. The maximum atomic E-state index is 11.8. The molecule has 3 aromatic rings. The van der Waals surface area contributed by atoms with E-state index in [0.717, 1.165) is 17.0 Å². The first-order valence-electron chi connectivity index (χ1n) is 8.59. The van der Waals surface area contributed by atoms with Crippen LogP contribution >= 0.6 is 11.6 Å². The summed E-state index contributed by atoms with van der Waals surface area (Å²) in [6, 6.07) is 15.0. The molecule has 0 aliphatic heterocycles. The van der Waals surface area contributed by atoms with Crippen LogP contribution in [0.4, 0.5) is 11.5 Å². The molecule has 0 unspecified atom stereocenters. The highest BCUT2D eigenvalue weighted by molar-refractivity contribution is 6.30. The summed E-state index contributed by atoms with van der Waals surface area (Å²) in [5.74, 6) is 0.997. The molecule has 6 nitrogen and oxygen atoms in total. The molecule has 1 aromatic heterocycles. The van der Waals surface area contributed by atoms with Crippen LogP contribution in [-0.4, -0.2) is 22.4 Å². The number of hydrogen-bond acceptors (Lipinski definition) is 5. The Hall–Kier alpha value is -3.38. The fourth-order valence-corrected chi connectivity index (χ4v) is 2.42. The summed E-state index contributed by atoms with van der Waals surface area (Å²) in [6.07, 6.45) is 4.53. The third kappa shape index (κ3) is 5.56. The van der Waals surface area contributed by atoms with Gasteiger partial charge in [-0.1, -0.05) is 29.8 Å². The number of halogens is 1. The van der Waals surface area contributed by atoms with Gasteiger partial charge in [-0.2, -0.15) is 0 Å². The minimum absolute atomic E-state index is 0.248. The first-order valence-corrected chi connectivity index (χ1v) is 8.97. The number of nitrogens with zero attached hydrogens (tertiary/aromatic N) is 2. The number of carbonyl (C=O) groups excluding carboxylic acids is 1. The number of rotatable bonds is 8. The average molecular weight is 395 g/mol. The molecule has 2 N–H and O–H groups in total. The van der Waals surface area contributed by atoms with E-state index in [1.807, 2.05) is 48.5 Å². The van der Waals surface area contributed by atoms with E-state index in [9.17, 15) is 4.79 Å². The Morgan fingerprint density at radius 1 is 1.07 bits per heavy atom. The lowest BCUT2D eigenvalue weighted by atomic mass is 10.2. The van der Waals surface area contributed by atoms with E-state index in [-0.39, 0.29) is 11.6 Å². The molecule has 0 spiro atoms. The minimum atomic E-state index is -0.291. The Kier molecular flexibility index (Phi) is 6.59. The van der Waals surface area contributed by atoms with Gasteiger partial charge in [-0.05, 0) is 42.0 Å². The van der Waals surface area contributed by atoms with Gasteiger partial charge in [0, 0.05) is 17.3 Å². The normalized spacial score (nSPS) is 10.2. The first kappa shape index (κ1) is 19.4. The highest BCUT2D eigenvalue weighted by Crippen LogP contribution is 2.20. The number of nitrogens with one attached hydrogen (secondary N) is 2. The van der Waals surface area contributed by atoms with Gasteiger partial charge in [0.25, 0.3) is 5.91 Å². The number of anilines is 2. The highest BCUT2D eigenvalue weighted by Gasteiger charge is 2.07. The van der Waals surface area contributed by atoms with Gasteiger partial charge in [0.15, 0.2) is 0 Å². The molecule has 3 rings (SSSR count). The molecule has 1 amide bonds. The van der Waals surface area contributed by atoms with Gasteiger partial charge in [-0.15, -0.1) is 6.58 Å². The van der Waals surface area contributed by atoms with Crippen LogP contribution in [0.1, 0.15) is 16.1 Å². The summed E-state index contributed by atoms with van der Waals surface area (Å²) in [5.41, 5.74) is 2.12. The maximum Gasteiger partial charge on any atom is 0.271 e. The molecule has 0 saturated carbocycles. The second-order valence-corrected chi connectivity index (χ2v) is 6.29. The van der Waals surface area contributed by atoms with Crippen molar-refractivity contribution in [2.45, 2.75) is 6.61 Å². The van der Waals surface area contributed by atoms with E-state index in [4.69, 9.17) is 16.3 Å². The molecule has 142 valence electrons. The summed E-state index contributed by atoms with van der Waals surface area (Å²) in [7, 11) is 0. The van der Waals surface area contributed by atoms with Crippen molar-refractivity contribution in [1.82, 2.24) is 15.3 Å². The zero-order valence-electron chi connectivity index (χ0n) is 15.1. The van der Waals surface area contributed by atoms with Gasteiger partial charge in [0.05, 0.1) is 12.4 Å². The van der Waals surface area contributed by atoms with Crippen molar-refractivity contribution in [3.8, 4) is 5.75 Å². The number of carbonyl (C=O) groups is 1. The second kappa shape index (κ2) is 9.53. The van der Waals surface area contributed by atoms with E-state index < -0.39 is 0 Å². The monoisotopic (exact) mass is 394 g/mol. The molecule has 7 heteroatoms. The average Bonchev–Trinajstić information content (AvgIpc) is 2.73. The van der Waals surface area contributed by atoms with Crippen molar-refractivity contribution in [3.05, 3.63) is 89.9 Å². The van der Waals surface area contributed by atoms with Gasteiger partial charge >= 0.3 is 0 Å². The molecule has 1 heterocycles. The number of amides is 1. The van der Waals surface area contributed by atoms with Gasteiger partial charge in [0.1, 0.15) is 23.9 Å². The van der Waals surface area contributed by atoms with Crippen LogP contribution < -0.4 is 15.4 Å². The Morgan fingerprint density at radius 2 is 1.82 bits per heavy atom. The van der Waals surface area contributed by atoms with E-state index >= 15 is 0 Å². The lowest BCUT2D eigenvalue weighted by Crippen LogP contribution is -2.24. The number of ether oxygens (including phenoxy) is 1. The van der Waals surface area contributed by atoms with Gasteiger partial charge in [0.2, 0.25) is 0 Å². The van der Waals surface area contributed by atoms with Crippen LogP contribution in [0.25, 0.3) is 0 Å². The van der Waals surface area contributed by atoms with Gasteiger partial charge in [-0.3, -0.25) is 4.79 Å². The molecule has 0 aliphatic rings. The first-order chi connectivity index (χ1) is 13.6. The van der Waals surface area contributed by atoms with Crippen LogP contribution in [-0.2, 0) is 6.61 Å². The van der Waals surface area contributed by atoms with E-state index in [0.29, 0.717) is 24.0 Å². The smallest absolute Gasteiger partial charge is 0.271 e. The lowest BCUT2D eigenvalue weighted by Gasteiger charge is -2.09. The van der Waals surface area contributed by atoms with Gasteiger partial charge < -0.3 is 15.4 Å². The Morgan fingerprint density at radius 3 is 2.46 bits per heavy atom. The standard InChI is InChI=1S/C21H19ClN4O2/c1-2-11-23-21(27)19-12-25-20(13-24-19)26-17-7-9-18(10-8-17)28-14-15-3-5-16(22)6-4-15/h2-10,12-13H,1,11,14H2,(H,23,27)(H,25,26). The highest BCUT2D eigenvalue weighted by atomic mass is 35.5. The molecule has 2 aromatic carbocycles. The van der Waals surface area contributed by atoms with Crippen molar-refractivity contribution in [2.75, 3.05) is 11.9 Å². The van der Waals surface area contributed by atoms with E-state index in [1.165, 1.54) is 12.4 Å². The van der Waals surface area contributed by atoms with Crippen molar-refractivity contribution in [3.63, 3.8) is 0 Å². The van der Waals surface area contributed by atoms with Crippen molar-refractivity contribution in [1.29, 1.82) is 0 Å². The quantitative estimate of drug-likeness (QED) is 0.555. The molecular formula is C21H19ClN4O2. The maximum absolute atomic E-state index is 11.8. The van der Waals surface area contributed by atoms with Crippen molar-refractivity contribution < 1.29 is 9.53 Å². The molecule has 0 fully saturated rings. The van der Waals surface area contributed by atoms with Crippen LogP contribution in [0.2, 0.25) is 5.02 Å². The second-order valence-electron chi connectivity index (χ2n) is 5.85. The zero-order chi connectivity index (χ0) is 19.8. The number of benzene rings is 2. The topological polar surface area (TPSA) is 76.1 Å². The predicted octanol–water partition coefficient (Wildman–Crippen LogP) is 4.37. The third-order valence-corrected chi connectivity index (χ3v) is 3.99. The van der Waals surface area contributed by atoms with Crippen LogP contribution in [0, 0.1) is 0 Å². The summed E-state index contributed by atoms with van der Waals surface area (Å²) in [4.78, 5) is 20.1. The van der Waals surface area contributed by atoms with E-state index in [2.05, 4.69) is 27.2 Å². The molecule has 0 saturated heterocycles. The van der Waals surface area contributed by atoms with Crippen LogP contribution in [0.15, 0.2) is 73.6 Å². The largest absolute Gasteiger partial charge is 0.489 e. The number of hydrogen-bond donors (Lipinski definition) is 2. The van der Waals surface area contributed by atoms with Crippen molar-refractivity contribution in [2.24, 2.45) is 0 Å². The Balaban J connectivity index is 1.54. The summed E-state index contributed by atoms with van der Waals surface area (Å²) >= 11 is 5.88. The summed E-state index contributed by atoms with van der Waals surface area (Å²) in [6.45, 7) is 4.39.